The van der Waals surface area contributed by atoms with Crippen LogP contribution in [0.25, 0.3) is 0 Å². The Morgan fingerprint density at radius 2 is 2.00 bits per heavy atom. The summed E-state index contributed by atoms with van der Waals surface area (Å²) in [5.74, 6) is -0.425. The maximum Gasteiger partial charge on any atom is 0.488 e. The van der Waals surface area contributed by atoms with E-state index in [4.69, 9.17) is 5.73 Å². The summed E-state index contributed by atoms with van der Waals surface area (Å²) in [4.78, 5) is 7.69. The molecule has 20 heavy (non-hydrogen) atoms. The van der Waals surface area contributed by atoms with Crippen molar-refractivity contribution in [3.8, 4) is 0 Å². The first-order valence-corrected chi connectivity index (χ1v) is 5.92. The van der Waals surface area contributed by atoms with Crippen LogP contribution in [-0.2, 0) is 0 Å². The molecule has 0 fully saturated rings. The number of nitrogens with one attached hydrogen (secondary N) is 1. The summed E-state index contributed by atoms with van der Waals surface area (Å²) >= 11 is 0. The van der Waals surface area contributed by atoms with Crippen molar-refractivity contribution in [2.45, 2.75) is 19.3 Å². The van der Waals surface area contributed by atoms with E-state index in [0.29, 0.717) is 0 Å². The molecule has 0 saturated heterocycles. The summed E-state index contributed by atoms with van der Waals surface area (Å²) in [5, 5.41) is 2.36. The monoisotopic (exact) mass is 285 g/mol. The number of alkyl halides is 3. The zero-order chi connectivity index (χ0) is 14.8. The normalized spacial score (nSPS) is 19.5. The topological polar surface area (TPSA) is 66.0 Å². The zero-order valence-electron chi connectivity index (χ0n) is 10.7. The van der Waals surface area contributed by atoms with E-state index < -0.39 is 19.0 Å². The van der Waals surface area contributed by atoms with E-state index in [2.05, 4.69) is 15.3 Å². The number of hydrogen-bond acceptors (Lipinski definition) is 3. The van der Waals surface area contributed by atoms with Crippen molar-refractivity contribution in [3.05, 3.63) is 35.9 Å². The molecule has 1 aromatic rings. The van der Waals surface area contributed by atoms with Crippen LogP contribution in [0.2, 0.25) is 0 Å². The summed E-state index contributed by atoms with van der Waals surface area (Å²) < 4.78 is 38.6. The number of rotatable bonds is 2. The van der Waals surface area contributed by atoms with Gasteiger partial charge in [0, 0.05) is 0 Å². The summed E-state index contributed by atoms with van der Waals surface area (Å²) in [6, 6.07) is 8.60. The molecule has 0 bridgehead atoms. The van der Waals surface area contributed by atoms with Crippen LogP contribution in [0.3, 0.4) is 0 Å². The third-order valence-electron chi connectivity index (χ3n) is 2.78. The molecule has 1 unspecified atom stereocenters. The number of aliphatic imine (C=N–C) groups is 2. The van der Waals surface area contributed by atoms with Crippen LogP contribution in [0.1, 0.15) is 18.5 Å². The summed E-state index contributed by atoms with van der Waals surface area (Å²) in [6.45, 7) is 1.11. The van der Waals surface area contributed by atoms with Crippen LogP contribution >= 0.6 is 0 Å². The molecular formula is C12H14F3N5. The second-order valence-electron chi connectivity index (χ2n) is 4.25. The van der Waals surface area contributed by atoms with Gasteiger partial charge in [-0.2, -0.15) is 0 Å². The van der Waals surface area contributed by atoms with E-state index in [1.54, 1.807) is 31.2 Å². The highest BCUT2D eigenvalue weighted by Crippen LogP contribution is 2.24. The zero-order valence-corrected chi connectivity index (χ0v) is 10.7. The number of benzene rings is 1. The lowest BCUT2D eigenvalue weighted by Gasteiger charge is -2.30. The Balaban J connectivity index is 2.28. The van der Waals surface area contributed by atoms with Crippen LogP contribution in [-0.4, -0.2) is 29.8 Å². The molecule has 3 N–H and O–H groups in total. The lowest BCUT2D eigenvalue weighted by Crippen LogP contribution is -2.56. The fraction of sp³-hybridized carbons (Fsp3) is 0.333. The van der Waals surface area contributed by atoms with Crippen molar-refractivity contribution < 1.29 is 13.2 Å². The lowest BCUT2D eigenvalue weighted by atomic mass is 10.1. The number of halogens is 3. The minimum Gasteiger partial charge on any atom is -0.370 e. The van der Waals surface area contributed by atoms with Crippen molar-refractivity contribution in [1.82, 2.24) is 10.2 Å². The molecule has 8 heteroatoms. The quantitative estimate of drug-likeness (QED) is 0.814. The summed E-state index contributed by atoms with van der Waals surface area (Å²) in [5.41, 5.74) is 6.22. The molecule has 1 aromatic carbocycles. The molecule has 0 radical (unpaired) electrons. The van der Waals surface area contributed by atoms with Gasteiger partial charge in [-0.3, -0.25) is 5.32 Å². The van der Waals surface area contributed by atoms with Gasteiger partial charge in [0.25, 0.3) is 0 Å². The van der Waals surface area contributed by atoms with Crippen molar-refractivity contribution in [2.24, 2.45) is 15.7 Å². The molecule has 0 aromatic heterocycles. The van der Waals surface area contributed by atoms with Gasteiger partial charge in [0.1, 0.15) is 6.67 Å². The Morgan fingerprint density at radius 3 is 2.60 bits per heavy atom. The number of nitrogens with two attached hydrogens (primary N) is 1. The first kappa shape index (κ1) is 14.2. The minimum absolute atomic E-state index is 0.0792. The average Bonchev–Trinajstić information content (AvgIpc) is 2.38. The molecule has 0 saturated carbocycles. The Morgan fingerprint density at radius 1 is 1.35 bits per heavy atom. The molecule has 108 valence electrons. The molecule has 1 aliphatic rings. The average molecular weight is 285 g/mol. The van der Waals surface area contributed by atoms with Crippen molar-refractivity contribution in [2.75, 3.05) is 6.67 Å². The fourth-order valence-corrected chi connectivity index (χ4v) is 1.73. The maximum absolute atomic E-state index is 12.9. The highest BCUT2D eigenvalue weighted by atomic mass is 19.4. The van der Waals surface area contributed by atoms with Crippen LogP contribution in [0.15, 0.2) is 40.3 Å². The molecular weight excluding hydrogens is 271 g/mol. The third kappa shape index (κ3) is 3.19. The van der Waals surface area contributed by atoms with E-state index in [1.165, 1.54) is 0 Å². The van der Waals surface area contributed by atoms with Gasteiger partial charge in [-0.15, -0.1) is 13.2 Å². The number of nitrogens with zero attached hydrogens (tertiary/aromatic N) is 3. The molecule has 1 aliphatic heterocycles. The second kappa shape index (κ2) is 5.40. The van der Waals surface area contributed by atoms with Gasteiger partial charge in [0.2, 0.25) is 5.96 Å². The standard InChI is InChI=1S/C12H14F3N5/c1-8(9-5-3-2-4-6-9)18-11-19-10(16)17-7-20(11)12(13,14)15/h2-6,8H,7H2,1H3,(H3,16,17,18,19). The first-order valence-electron chi connectivity index (χ1n) is 5.92. The fourth-order valence-electron chi connectivity index (χ4n) is 1.73. The third-order valence-corrected chi connectivity index (χ3v) is 2.78. The largest absolute Gasteiger partial charge is 0.488 e. The number of hydrogen-bond donors (Lipinski definition) is 2. The summed E-state index contributed by atoms with van der Waals surface area (Å²) in [6.07, 6.45) is -4.56. The SMILES string of the molecule is CC(N=C1NC(N)=NCN1C(F)(F)F)c1ccccc1. The van der Waals surface area contributed by atoms with Crippen LogP contribution in [0.5, 0.6) is 0 Å². The predicted octanol–water partition coefficient (Wildman–Crippen LogP) is 1.80. The second-order valence-corrected chi connectivity index (χ2v) is 4.25. The van der Waals surface area contributed by atoms with Gasteiger partial charge >= 0.3 is 6.30 Å². The minimum atomic E-state index is -4.56. The van der Waals surface area contributed by atoms with E-state index in [1.807, 2.05) is 6.07 Å². The van der Waals surface area contributed by atoms with E-state index in [0.717, 1.165) is 5.56 Å². The highest BCUT2D eigenvalue weighted by molar-refractivity contribution is 5.99. The van der Waals surface area contributed by atoms with Crippen molar-refractivity contribution >= 4 is 11.9 Å². The Bertz CT molecular complexity index is 524. The Hall–Kier alpha value is -2.25. The van der Waals surface area contributed by atoms with Gasteiger partial charge in [0.05, 0.1) is 6.04 Å². The number of guanidine groups is 2. The molecule has 0 amide bonds. The molecule has 5 nitrogen and oxygen atoms in total. The molecule has 1 atom stereocenters. The van der Waals surface area contributed by atoms with Gasteiger partial charge in [-0.1, -0.05) is 30.3 Å². The highest BCUT2D eigenvalue weighted by Gasteiger charge is 2.41. The molecule has 0 aliphatic carbocycles. The molecule has 1 heterocycles. The maximum atomic E-state index is 12.9. The smallest absolute Gasteiger partial charge is 0.370 e. The molecule has 2 rings (SSSR count). The van der Waals surface area contributed by atoms with Gasteiger partial charge in [0.15, 0.2) is 5.96 Å². The van der Waals surface area contributed by atoms with Gasteiger partial charge < -0.3 is 5.73 Å². The van der Waals surface area contributed by atoms with E-state index in [9.17, 15) is 13.2 Å². The van der Waals surface area contributed by atoms with Crippen molar-refractivity contribution in [1.29, 1.82) is 0 Å². The van der Waals surface area contributed by atoms with E-state index >= 15 is 0 Å². The van der Waals surface area contributed by atoms with Crippen molar-refractivity contribution in [3.63, 3.8) is 0 Å². The lowest BCUT2D eigenvalue weighted by molar-refractivity contribution is -0.218. The van der Waals surface area contributed by atoms with E-state index in [-0.39, 0.29) is 16.8 Å². The Kier molecular flexibility index (Phi) is 3.82. The van der Waals surface area contributed by atoms with Crippen LogP contribution in [0, 0.1) is 0 Å². The molecule has 0 spiro atoms. The predicted molar refractivity (Wildman–Crippen MR) is 69.8 cm³/mol. The summed E-state index contributed by atoms with van der Waals surface area (Å²) in [7, 11) is 0. The first-order chi connectivity index (χ1) is 9.38. The van der Waals surface area contributed by atoms with Crippen LogP contribution in [0.4, 0.5) is 13.2 Å². The Labute approximate surface area is 114 Å². The van der Waals surface area contributed by atoms with Crippen LogP contribution < -0.4 is 11.1 Å². The van der Waals surface area contributed by atoms with Gasteiger partial charge in [-0.25, -0.2) is 14.9 Å². The van der Waals surface area contributed by atoms with Gasteiger partial charge in [-0.05, 0) is 12.5 Å².